The zero-order chi connectivity index (χ0) is 22.1. The summed E-state index contributed by atoms with van der Waals surface area (Å²) in [4.78, 5) is 36.8. The van der Waals surface area contributed by atoms with Crippen LogP contribution in [0, 0.1) is 6.92 Å². The van der Waals surface area contributed by atoms with Gasteiger partial charge in [0.15, 0.2) is 11.4 Å². The standard InChI is InChI=1S/C16H15BrF3N3O5S/c1-5-28-15(26)10-6(2)7(14(25)27-4)13(29-10)21-12(24)9-8(17)11(16(18,19)20)23(3)22-9/h5H2,1-4H3,(H,21,24). The van der Waals surface area contributed by atoms with Crippen molar-refractivity contribution in [2.45, 2.75) is 20.0 Å². The number of methoxy groups -OCH3 is 1. The molecule has 29 heavy (non-hydrogen) atoms. The van der Waals surface area contributed by atoms with E-state index in [2.05, 4.69) is 31.1 Å². The molecule has 0 bridgehead atoms. The summed E-state index contributed by atoms with van der Waals surface area (Å²) in [7, 11) is 2.15. The summed E-state index contributed by atoms with van der Waals surface area (Å²) in [5, 5.41) is 5.85. The van der Waals surface area contributed by atoms with Crippen LogP contribution in [0.5, 0.6) is 0 Å². The van der Waals surface area contributed by atoms with Crippen molar-refractivity contribution in [3.05, 3.63) is 31.9 Å². The normalized spacial score (nSPS) is 11.3. The number of amides is 1. The number of hydrogen-bond donors (Lipinski definition) is 1. The predicted molar refractivity (Wildman–Crippen MR) is 100 cm³/mol. The molecule has 13 heteroatoms. The lowest BCUT2D eigenvalue weighted by Gasteiger charge is -2.06. The van der Waals surface area contributed by atoms with Gasteiger partial charge in [0, 0.05) is 7.05 Å². The molecule has 0 saturated heterocycles. The molecule has 0 unspecified atom stereocenters. The van der Waals surface area contributed by atoms with Gasteiger partial charge >= 0.3 is 18.1 Å². The summed E-state index contributed by atoms with van der Waals surface area (Å²) in [5.41, 5.74) is -1.58. The highest BCUT2D eigenvalue weighted by molar-refractivity contribution is 9.10. The molecule has 2 aromatic rings. The highest BCUT2D eigenvalue weighted by atomic mass is 79.9. The smallest absolute Gasteiger partial charge is 0.434 e. The lowest BCUT2D eigenvalue weighted by molar-refractivity contribution is -0.144. The maximum atomic E-state index is 13.1. The first-order valence-electron chi connectivity index (χ1n) is 7.93. The summed E-state index contributed by atoms with van der Waals surface area (Å²) < 4.78 is 48.9. The molecular formula is C16H15BrF3N3O5S. The largest absolute Gasteiger partial charge is 0.465 e. The van der Waals surface area contributed by atoms with Crippen molar-refractivity contribution in [3.63, 3.8) is 0 Å². The molecule has 8 nitrogen and oxygen atoms in total. The summed E-state index contributed by atoms with van der Waals surface area (Å²) in [6, 6.07) is 0. The molecule has 0 fully saturated rings. The third kappa shape index (κ3) is 4.45. The molecule has 0 spiro atoms. The first-order valence-corrected chi connectivity index (χ1v) is 9.54. The fourth-order valence-electron chi connectivity index (χ4n) is 2.45. The van der Waals surface area contributed by atoms with E-state index < -0.39 is 39.9 Å². The Morgan fingerprint density at radius 3 is 2.38 bits per heavy atom. The Hall–Kier alpha value is -2.41. The molecule has 0 aliphatic heterocycles. The van der Waals surface area contributed by atoms with Crippen LogP contribution in [0.15, 0.2) is 4.47 Å². The van der Waals surface area contributed by atoms with Crippen LogP contribution in [0.1, 0.15) is 48.7 Å². The zero-order valence-electron chi connectivity index (χ0n) is 15.6. The van der Waals surface area contributed by atoms with Gasteiger partial charge in [-0.2, -0.15) is 18.3 Å². The minimum absolute atomic E-state index is 0.0543. The van der Waals surface area contributed by atoms with E-state index in [0.29, 0.717) is 4.68 Å². The number of nitrogens with one attached hydrogen (secondary N) is 1. The van der Waals surface area contributed by atoms with Gasteiger partial charge in [-0.25, -0.2) is 9.59 Å². The van der Waals surface area contributed by atoms with Crippen LogP contribution in [-0.4, -0.2) is 41.3 Å². The molecule has 0 saturated carbocycles. The van der Waals surface area contributed by atoms with E-state index in [1.807, 2.05) is 0 Å². The first kappa shape index (κ1) is 22.9. The topological polar surface area (TPSA) is 99.5 Å². The molecule has 0 radical (unpaired) electrons. The predicted octanol–water partition coefficient (Wildman–Crippen LogP) is 3.79. The van der Waals surface area contributed by atoms with Gasteiger partial charge in [-0.15, -0.1) is 11.3 Å². The van der Waals surface area contributed by atoms with Gasteiger partial charge < -0.3 is 14.8 Å². The minimum Gasteiger partial charge on any atom is -0.465 e. The second kappa shape index (κ2) is 8.53. The average molecular weight is 498 g/mol. The van der Waals surface area contributed by atoms with E-state index in [4.69, 9.17) is 4.74 Å². The van der Waals surface area contributed by atoms with Gasteiger partial charge in [-0.3, -0.25) is 9.48 Å². The molecule has 2 aromatic heterocycles. The van der Waals surface area contributed by atoms with E-state index >= 15 is 0 Å². The van der Waals surface area contributed by atoms with Crippen molar-refractivity contribution < 1.29 is 37.0 Å². The third-order valence-electron chi connectivity index (χ3n) is 3.70. The number of alkyl halides is 3. The van der Waals surface area contributed by atoms with Gasteiger partial charge in [0.05, 0.1) is 23.8 Å². The van der Waals surface area contributed by atoms with E-state index in [1.165, 1.54) is 6.92 Å². The Morgan fingerprint density at radius 1 is 1.28 bits per heavy atom. The fourth-order valence-corrected chi connectivity index (χ4v) is 4.28. The number of esters is 2. The van der Waals surface area contributed by atoms with Gasteiger partial charge in [0.1, 0.15) is 9.88 Å². The van der Waals surface area contributed by atoms with E-state index in [0.717, 1.165) is 25.5 Å². The molecule has 1 N–H and O–H groups in total. The number of anilines is 1. The summed E-state index contributed by atoms with van der Waals surface area (Å²) in [6.07, 6.45) is -4.74. The van der Waals surface area contributed by atoms with Crippen molar-refractivity contribution in [2.75, 3.05) is 19.0 Å². The van der Waals surface area contributed by atoms with Crippen LogP contribution >= 0.6 is 27.3 Å². The molecule has 0 aliphatic rings. The van der Waals surface area contributed by atoms with Gasteiger partial charge in [-0.1, -0.05) is 0 Å². The van der Waals surface area contributed by atoms with Gasteiger partial charge in [0.2, 0.25) is 0 Å². The lowest BCUT2D eigenvalue weighted by Crippen LogP contribution is -2.15. The highest BCUT2D eigenvalue weighted by Crippen LogP contribution is 2.38. The number of rotatable bonds is 5. The zero-order valence-corrected chi connectivity index (χ0v) is 18.0. The number of halogens is 4. The van der Waals surface area contributed by atoms with Crippen LogP contribution in [-0.2, 0) is 22.7 Å². The van der Waals surface area contributed by atoms with Crippen LogP contribution in [0.3, 0.4) is 0 Å². The number of nitrogens with zero attached hydrogens (tertiary/aromatic N) is 2. The number of aryl methyl sites for hydroxylation is 1. The maximum Gasteiger partial charge on any atom is 0.434 e. The fraction of sp³-hybridized carbons (Fsp3) is 0.375. The van der Waals surface area contributed by atoms with Crippen molar-refractivity contribution in [2.24, 2.45) is 7.05 Å². The molecule has 158 valence electrons. The number of carbonyl (C=O) groups is 3. The molecule has 2 heterocycles. The van der Waals surface area contributed by atoms with Gasteiger partial charge in [0.25, 0.3) is 5.91 Å². The molecule has 0 aliphatic carbocycles. The van der Waals surface area contributed by atoms with E-state index in [1.54, 1.807) is 6.92 Å². The quantitative estimate of drug-likeness (QED) is 0.630. The number of carbonyl (C=O) groups excluding carboxylic acids is 3. The van der Waals surface area contributed by atoms with Crippen molar-refractivity contribution >= 4 is 50.1 Å². The molecule has 0 atom stereocenters. The summed E-state index contributed by atoms with van der Waals surface area (Å²) in [6.45, 7) is 3.15. The Bertz CT molecular complexity index is 984. The lowest BCUT2D eigenvalue weighted by atomic mass is 10.1. The second-order valence-corrected chi connectivity index (χ2v) is 7.37. The maximum absolute atomic E-state index is 13.1. The van der Waals surface area contributed by atoms with E-state index in [-0.39, 0.29) is 27.6 Å². The first-order chi connectivity index (χ1) is 13.4. The minimum atomic E-state index is -4.74. The number of hydrogen-bond acceptors (Lipinski definition) is 7. The summed E-state index contributed by atoms with van der Waals surface area (Å²) >= 11 is 3.49. The highest BCUT2D eigenvalue weighted by Gasteiger charge is 2.40. The number of thiophene rings is 1. The molecule has 2 rings (SSSR count). The average Bonchev–Trinajstić information content (AvgIpc) is 3.10. The Balaban J connectivity index is 2.49. The van der Waals surface area contributed by atoms with Gasteiger partial charge in [-0.05, 0) is 35.3 Å². The Kier molecular flexibility index (Phi) is 6.73. The molecular weight excluding hydrogens is 483 g/mol. The van der Waals surface area contributed by atoms with Crippen LogP contribution in [0.4, 0.5) is 18.2 Å². The molecule has 1 amide bonds. The molecule has 0 aromatic carbocycles. The van der Waals surface area contributed by atoms with Crippen LogP contribution < -0.4 is 5.32 Å². The Morgan fingerprint density at radius 2 is 1.90 bits per heavy atom. The summed E-state index contributed by atoms with van der Waals surface area (Å²) in [5.74, 6) is -2.55. The monoisotopic (exact) mass is 497 g/mol. The van der Waals surface area contributed by atoms with Crippen molar-refractivity contribution in [1.29, 1.82) is 0 Å². The SMILES string of the molecule is CCOC(=O)c1sc(NC(=O)c2nn(C)c(C(F)(F)F)c2Br)c(C(=O)OC)c1C. The third-order valence-corrected chi connectivity index (χ3v) is 5.64. The number of ether oxygens (including phenoxy) is 2. The van der Waals surface area contributed by atoms with Crippen LogP contribution in [0.25, 0.3) is 0 Å². The second-order valence-electron chi connectivity index (χ2n) is 5.56. The van der Waals surface area contributed by atoms with E-state index in [9.17, 15) is 27.6 Å². The van der Waals surface area contributed by atoms with Crippen molar-refractivity contribution in [1.82, 2.24) is 9.78 Å². The van der Waals surface area contributed by atoms with Crippen molar-refractivity contribution in [3.8, 4) is 0 Å². The Labute approximate surface area is 175 Å². The van der Waals surface area contributed by atoms with Crippen LogP contribution in [0.2, 0.25) is 0 Å². The number of aromatic nitrogens is 2.